The lowest BCUT2D eigenvalue weighted by Gasteiger charge is -2.33. The Morgan fingerprint density at radius 2 is 2.29 bits per heavy atom. The Bertz CT molecular complexity index is 403. The summed E-state index contributed by atoms with van der Waals surface area (Å²) >= 11 is 11.3. The Hall–Kier alpha value is -0.710. The lowest BCUT2D eigenvalue weighted by Crippen LogP contribution is -2.46. The van der Waals surface area contributed by atoms with Gasteiger partial charge < -0.3 is 9.15 Å². The van der Waals surface area contributed by atoms with Crippen molar-refractivity contribution in [2.45, 2.75) is 30.5 Å². The molecule has 6 heteroatoms. The third-order valence-electron chi connectivity index (χ3n) is 2.78. The number of halogens is 2. The van der Waals surface area contributed by atoms with Gasteiger partial charge in [0.25, 0.3) is 5.91 Å². The average molecular weight is 278 g/mol. The highest BCUT2D eigenvalue weighted by Gasteiger charge is 2.46. The molecule has 1 atom stereocenters. The van der Waals surface area contributed by atoms with Gasteiger partial charge in [-0.25, -0.2) is 0 Å². The Labute approximate surface area is 109 Å². The molecule has 0 spiro atoms. The largest absolute Gasteiger partial charge is 0.467 e. The molecule has 1 fully saturated rings. The van der Waals surface area contributed by atoms with Crippen molar-refractivity contribution >= 4 is 29.1 Å². The molecule has 0 saturated carbocycles. The molecule has 0 bridgehead atoms. The molecule has 0 aromatic carbocycles. The SMILES string of the molecule is CC1(C)OC[C@H](c2ccco2)N1C(=O)C(Cl)Cl. The lowest BCUT2D eigenvalue weighted by molar-refractivity contribution is -0.144. The summed E-state index contributed by atoms with van der Waals surface area (Å²) in [5.74, 6) is 0.287. The maximum absolute atomic E-state index is 12.0. The Balaban J connectivity index is 2.31. The van der Waals surface area contributed by atoms with Gasteiger partial charge in [0, 0.05) is 0 Å². The Morgan fingerprint density at radius 1 is 1.59 bits per heavy atom. The minimum Gasteiger partial charge on any atom is -0.467 e. The normalized spacial score (nSPS) is 23.4. The van der Waals surface area contributed by atoms with E-state index in [-0.39, 0.29) is 11.9 Å². The molecule has 17 heavy (non-hydrogen) atoms. The van der Waals surface area contributed by atoms with Crippen LogP contribution in [0.3, 0.4) is 0 Å². The van der Waals surface area contributed by atoms with Crippen LogP contribution < -0.4 is 0 Å². The minimum atomic E-state index is -1.10. The molecule has 4 nitrogen and oxygen atoms in total. The first-order chi connectivity index (χ1) is 7.93. The number of carbonyl (C=O) groups is 1. The van der Waals surface area contributed by atoms with Crippen LogP contribution >= 0.6 is 23.2 Å². The van der Waals surface area contributed by atoms with Gasteiger partial charge in [0.2, 0.25) is 0 Å². The zero-order valence-corrected chi connectivity index (χ0v) is 11.0. The van der Waals surface area contributed by atoms with Gasteiger partial charge in [-0.15, -0.1) is 0 Å². The monoisotopic (exact) mass is 277 g/mol. The van der Waals surface area contributed by atoms with Gasteiger partial charge in [0.15, 0.2) is 4.84 Å². The summed E-state index contributed by atoms with van der Waals surface area (Å²) < 4.78 is 10.9. The van der Waals surface area contributed by atoms with Gasteiger partial charge in [-0.05, 0) is 26.0 Å². The van der Waals surface area contributed by atoms with E-state index in [9.17, 15) is 4.79 Å². The summed E-state index contributed by atoms with van der Waals surface area (Å²) in [6.45, 7) is 3.96. The van der Waals surface area contributed by atoms with Crippen LogP contribution in [0.5, 0.6) is 0 Å². The highest BCUT2D eigenvalue weighted by Crippen LogP contribution is 2.38. The van der Waals surface area contributed by atoms with Crippen LogP contribution in [0.2, 0.25) is 0 Å². The fraction of sp³-hybridized carbons (Fsp3) is 0.545. The second-order valence-electron chi connectivity index (χ2n) is 4.30. The van der Waals surface area contributed by atoms with Gasteiger partial charge in [-0.3, -0.25) is 9.69 Å². The number of alkyl halides is 2. The molecule has 2 rings (SSSR count). The van der Waals surface area contributed by atoms with Gasteiger partial charge in [-0.1, -0.05) is 23.2 Å². The van der Waals surface area contributed by atoms with Crippen LogP contribution in [0.4, 0.5) is 0 Å². The van der Waals surface area contributed by atoms with Crippen LogP contribution in [0.1, 0.15) is 25.6 Å². The molecule has 1 saturated heterocycles. The second kappa shape index (κ2) is 4.52. The number of furan rings is 1. The molecule has 0 aliphatic carbocycles. The van der Waals surface area contributed by atoms with E-state index in [2.05, 4.69) is 0 Å². The standard InChI is InChI=1S/C11H13Cl2NO3/c1-11(2)14(10(15)9(12)13)7(6-17-11)8-4-3-5-16-8/h3-5,7,9H,6H2,1-2H3/t7-/m1/s1. The van der Waals surface area contributed by atoms with E-state index >= 15 is 0 Å². The molecule has 0 N–H and O–H groups in total. The van der Waals surface area contributed by atoms with E-state index in [1.54, 1.807) is 32.2 Å². The molecular weight excluding hydrogens is 265 g/mol. The predicted molar refractivity (Wildman–Crippen MR) is 63.8 cm³/mol. The number of nitrogens with zero attached hydrogens (tertiary/aromatic N) is 1. The topological polar surface area (TPSA) is 42.7 Å². The first kappa shape index (κ1) is 12.7. The van der Waals surface area contributed by atoms with Crippen molar-refractivity contribution in [3.05, 3.63) is 24.2 Å². The quantitative estimate of drug-likeness (QED) is 0.781. The van der Waals surface area contributed by atoms with E-state index in [0.29, 0.717) is 12.4 Å². The van der Waals surface area contributed by atoms with Gasteiger partial charge in [0.1, 0.15) is 17.5 Å². The summed E-state index contributed by atoms with van der Waals surface area (Å²) in [7, 11) is 0. The summed E-state index contributed by atoms with van der Waals surface area (Å²) in [5.41, 5.74) is -0.740. The van der Waals surface area contributed by atoms with E-state index in [0.717, 1.165) is 0 Å². The van der Waals surface area contributed by atoms with Crippen molar-refractivity contribution < 1.29 is 13.9 Å². The van der Waals surface area contributed by atoms with E-state index in [1.807, 2.05) is 0 Å². The summed E-state index contributed by atoms with van der Waals surface area (Å²) in [6.07, 6.45) is 1.56. The van der Waals surface area contributed by atoms with Gasteiger partial charge >= 0.3 is 0 Å². The van der Waals surface area contributed by atoms with Gasteiger partial charge in [0.05, 0.1) is 12.9 Å². The van der Waals surface area contributed by atoms with Crippen LogP contribution in [-0.4, -0.2) is 28.0 Å². The van der Waals surface area contributed by atoms with Crippen molar-refractivity contribution in [1.29, 1.82) is 0 Å². The van der Waals surface area contributed by atoms with Crippen LogP contribution in [-0.2, 0) is 9.53 Å². The molecule has 0 radical (unpaired) electrons. The summed E-state index contributed by atoms with van der Waals surface area (Å²) in [6, 6.07) is 3.28. The van der Waals surface area contributed by atoms with Crippen molar-refractivity contribution in [1.82, 2.24) is 4.90 Å². The second-order valence-corrected chi connectivity index (χ2v) is 5.39. The van der Waals surface area contributed by atoms with Gasteiger partial charge in [-0.2, -0.15) is 0 Å². The Morgan fingerprint density at radius 3 is 2.82 bits per heavy atom. The number of hydrogen-bond acceptors (Lipinski definition) is 3. The molecule has 2 heterocycles. The first-order valence-electron chi connectivity index (χ1n) is 5.22. The van der Waals surface area contributed by atoms with Crippen LogP contribution in [0, 0.1) is 0 Å². The molecule has 1 aliphatic heterocycles. The number of amides is 1. The highest BCUT2D eigenvalue weighted by atomic mass is 35.5. The number of ether oxygens (including phenoxy) is 1. The minimum absolute atomic E-state index is 0.285. The number of rotatable bonds is 2. The van der Waals surface area contributed by atoms with Crippen LogP contribution in [0.25, 0.3) is 0 Å². The molecule has 94 valence electrons. The summed E-state index contributed by atoms with van der Waals surface area (Å²) in [5, 5.41) is 0. The lowest BCUT2D eigenvalue weighted by atomic mass is 10.1. The molecule has 1 aliphatic rings. The summed E-state index contributed by atoms with van der Waals surface area (Å²) in [4.78, 5) is 12.4. The smallest absolute Gasteiger partial charge is 0.258 e. The zero-order valence-electron chi connectivity index (χ0n) is 9.52. The fourth-order valence-corrected chi connectivity index (χ4v) is 2.23. The predicted octanol–water partition coefficient (Wildman–Crippen LogP) is 2.72. The Kier molecular flexibility index (Phi) is 3.39. The maximum atomic E-state index is 12.0. The molecule has 0 unspecified atom stereocenters. The number of hydrogen-bond donors (Lipinski definition) is 0. The fourth-order valence-electron chi connectivity index (χ4n) is 2.02. The van der Waals surface area contributed by atoms with Crippen molar-refractivity contribution in [3.63, 3.8) is 0 Å². The van der Waals surface area contributed by atoms with E-state index in [1.165, 1.54) is 4.90 Å². The van der Waals surface area contributed by atoms with Crippen LogP contribution in [0.15, 0.2) is 22.8 Å². The first-order valence-corrected chi connectivity index (χ1v) is 6.09. The maximum Gasteiger partial charge on any atom is 0.258 e. The molecule has 1 aromatic heterocycles. The van der Waals surface area contributed by atoms with E-state index < -0.39 is 10.6 Å². The third kappa shape index (κ3) is 2.30. The van der Waals surface area contributed by atoms with Crippen molar-refractivity contribution in [2.24, 2.45) is 0 Å². The molecule has 1 aromatic rings. The van der Waals surface area contributed by atoms with E-state index in [4.69, 9.17) is 32.4 Å². The highest BCUT2D eigenvalue weighted by molar-refractivity contribution is 6.53. The number of carbonyl (C=O) groups excluding carboxylic acids is 1. The third-order valence-corrected chi connectivity index (χ3v) is 3.16. The zero-order chi connectivity index (χ0) is 12.6. The average Bonchev–Trinajstić information content (AvgIpc) is 2.83. The van der Waals surface area contributed by atoms with Crippen molar-refractivity contribution in [3.8, 4) is 0 Å². The molecular formula is C11H13Cl2NO3. The van der Waals surface area contributed by atoms with Crippen molar-refractivity contribution in [2.75, 3.05) is 6.61 Å². The molecule has 1 amide bonds.